The van der Waals surface area contributed by atoms with Crippen LogP contribution >= 0.6 is 0 Å². The number of aliphatic hydroxyl groups is 1. The maximum atomic E-state index is 13.2. The molecule has 5 heteroatoms. The van der Waals surface area contributed by atoms with Crippen molar-refractivity contribution in [2.45, 2.75) is 65.0 Å². The zero-order chi connectivity index (χ0) is 21.7. The fraction of sp³-hybridized carbons (Fsp3) is 0.720. The Hall–Kier alpha value is -1.59. The molecule has 1 aliphatic carbocycles. The molecule has 0 bridgehead atoms. The highest BCUT2D eigenvalue weighted by Crippen LogP contribution is 2.42. The van der Waals surface area contributed by atoms with Crippen molar-refractivity contribution < 1.29 is 14.6 Å². The number of carbonyl (C=O) groups is 1. The van der Waals surface area contributed by atoms with Crippen molar-refractivity contribution in [2.75, 3.05) is 33.4 Å². The highest BCUT2D eigenvalue weighted by molar-refractivity contribution is 5.96. The molecule has 3 aliphatic rings. The Labute approximate surface area is 182 Å². The van der Waals surface area contributed by atoms with Crippen LogP contribution in [-0.2, 0) is 9.53 Å². The summed E-state index contributed by atoms with van der Waals surface area (Å²) in [6.07, 6.45) is 13.7. The minimum atomic E-state index is -0.527. The average Bonchev–Trinajstić information content (AvgIpc) is 2.81. The Morgan fingerprint density at radius 3 is 2.67 bits per heavy atom. The first-order valence-electron chi connectivity index (χ1n) is 11.7. The zero-order valence-electron chi connectivity index (χ0n) is 19.2. The van der Waals surface area contributed by atoms with Gasteiger partial charge in [0, 0.05) is 50.9 Å². The fourth-order valence-corrected chi connectivity index (χ4v) is 5.56. The van der Waals surface area contributed by atoms with E-state index in [1.54, 1.807) is 11.8 Å². The normalized spacial score (nSPS) is 30.2. The van der Waals surface area contributed by atoms with E-state index in [-0.39, 0.29) is 5.91 Å². The van der Waals surface area contributed by atoms with Crippen LogP contribution in [0.1, 0.15) is 52.9 Å². The lowest BCUT2D eigenvalue weighted by Gasteiger charge is -2.44. The number of nitrogens with zero attached hydrogens (tertiary/aromatic N) is 2. The Morgan fingerprint density at radius 1 is 1.27 bits per heavy atom. The molecule has 1 saturated carbocycles. The van der Waals surface area contributed by atoms with Crippen LogP contribution in [0, 0.1) is 17.8 Å². The molecule has 1 amide bonds. The molecule has 5 nitrogen and oxygen atoms in total. The van der Waals surface area contributed by atoms with E-state index >= 15 is 0 Å². The first kappa shape index (κ1) is 23.1. The lowest BCUT2D eigenvalue weighted by molar-refractivity contribution is -0.127. The summed E-state index contributed by atoms with van der Waals surface area (Å²) in [4.78, 5) is 17.3. The number of fused-ring (bicyclic) bond motifs is 1. The van der Waals surface area contributed by atoms with Crippen molar-refractivity contribution in [1.82, 2.24) is 9.80 Å². The van der Waals surface area contributed by atoms with Gasteiger partial charge in [-0.05, 0) is 83.1 Å². The molecule has 3 rings (SSSR count). The Kier molecular flexibility index (Phi) is 8.18. The van der Waals surface area contributed by atoms with Crippen LogP contribution in [0.4, 0.5) is 0 Å². The van der Waals surface area contributed by atoms with Gasteiger partial charge in [0.05, 0.1) is 6.10 Å². The molecular formula is C25H40N2O3. The molecule has 0 aromatic heterocycles. The summed E-state index contributed by atoms with van der Waals surface area (Å²) in [6, 6.07) is 0.483. The maximum absolute atomic E-state index is 13.2. The Morgan fingerprint density at radius 2 is 2.00 bits per heavy atom. The fourth-order valence-electron chi connectivity index (χ4n) is 5.56. The number of allylic oxidation sites excluding steroid dienone is 2. The van der Waals surface area contributed by atoms with Crippen LogP contribution in [0.25, 0.3) is 0 Å². The summed E-state index contributed by atoms with van der Waals surface area (Å²) >= 11 is 0. The number of ether oxygens (including phenoxy) is 1. The van der Waals surface area contributed by atoms with Crippen molar-refractivity contribution in [3.05, 3.63) is 35.6 Å². The smallest absolute Gasteiger partial charge is 0.253 e. The van der Waals surface area contributed by atoms with E-state index in [0.717, 1.165) is 25.0 Å². The molecular weight excluding hydrogens is 376 g/mol. The number of hydrogen-bond acceptors (Lipinski definition) is 4. The number of aliphatic hydroxyl groups excluding tert-OH is 1. The molecule has 0 spiro atoms. The molecule has 2 aliphatic heterocycles. The second-order valence-electron chi connectivity index (χ2n) is 9.41. The monoisotopic (exact) mass is 416 g/mol. The highest BCUT2D eigenvalue weighted by atomic mass is 16.5. The van der Waals surface area contributed by atoms with Gasteiger partial charge in [0.2, 0.25) is 0 Å². The lowest BCUT2D eigenvalue weighted by atomic mass is 9.68. The van der Waals surface area contributed by atoms with E-state index < -0.39 is 6.10 Å². The number of carbonyl (C=O) groups excluding carboxylic acids is 1. The molecule has 1 N–H and O–H groups in total. The van der Waals surface area contributed by atoms with Gasteiger partial charge in [0.1, 0.15) is 0 Å². The number of likely N-dealkylation sites (N-methyl/N-ethyl adjacent to an activating group) is 1. The summed E-state index contributed by atoms with van der Waals surface area (Å²) in [6.45, 7) is 8.67. The number of hydrogen-bond donors (Lipinski definition) is 1. The van der Waals surface area contributed by atoms with Gasteiger partial charge in [0.15, 0.2) is 0 Å². The van der Waals surface area contributed by atoms with Crippen molar-refractivity contribution in [3.8, 4) is 0 Å². The third-order valence-corrected chi connectivity index (χ3v) is 7.28. The minimum absolute atomic E-state index is 0.000270. The highest BCUT2D eigenvalue weighted by Gasteiger charge is 2.37. The van der Waals surface area contributed by atoms with E-state index in [9.17, 15) is 9.90 Å². The van der Waals surface area contributed by atoms with Crippen LogP contribution in [-0.4, -0.2) is 66.3 Å². The summed E-state index contributed by atoms with van der Waals surface area (Å²) in [5.41, 5.74) is 2.02. The van der Waals surface area contributed by atoms with E-state index in [4.69, 9.17) is 4.74 Å². The van der Waals surface area contributed by atoms with Crippen LogP contribution in [0.2, 0.25) is 0 Å². The van der Waals surface area contributed by atoms with E-state index in [1.165, 1.54) is 37.7 Å². The Balaban J connectivity index is 1.83. The van der Waals surface area contributed by atoms with Crippen molar-refractivity contribution in [3.63, 3.8) is 0 Å². The van der Waals surface area contributed by atoms with Gasteiger partial charge in [0.25, 0.3) is 5.91 Å². The van der Waals surface area contributed by atoms with Crippen LogP contribution in [0.5, 0.6) is 0 Å². The molecule has 2 fully saturated rings. The van der Waals surface area contributed by atoms with E-state index in [1.807, 2.05) is 19.1 Å². The third-order valence-electron chi connectivity index (χ3n) is 7.28. The summed E-state index contributed by atoms with van der Waals surface area (Å²) in [7, 11) is 2.17. The molecule has 0 radical (unpaired) electrons. The first-order chi connectivity index (χ1) is 14.4. The van der Waals surface area contributed by atoms with Crippen LogP contribution in [0.15, 0.2) is 35.6 Å². The maximum Gasteiger partial charge on any atom is 0.253 e. The average molecular weight is 417 g/mol. The second-order valence-corrected chi connectivity index (χ2v) is 9.41. The second kappa shape index (κ2) is 10.6. The standard InChI is InChI=1S/C25H40N2O3/c1-5-27(17-19(3)28)25(29)22-7-6-12-26(4)24-9-8-21(16-23(24)18(2)15-22)20-10-13-30-14-11-20/h6-7,12,15,19-21,23-24,28H,5,8-11,13-14,16-17H2,1-4H3/b12-6+,18-15?,22-7?. The van der Waals surface area contributed by atoms with E-state index in [0.29, 0.717) is 30.6 Å². The van der Waals surface area contributed by atoms with Gasteiger partial charge in [-0.25, -0.2) is 0 Å². The quantitative estimate of drug-likeness (QED) is 0.741. The van der Waals surface area contributed by atoms with Crippen molar-refractivity contribution >= 4 is 5.91 Å². The van der Waals surface area contributed by atoms with Gasteiger partial charge in [-0.15, -0.1) is 0 Å². The third kappa shape index (κ3) is 5.55. The largest absolute Gasteiger partial charge is 0.392 e. The van der Waals surface area contributed by atoms with Crippen molar-refractivity contribution in [1.29, 1.82) is 0 Å². The molecule has 0 aromatic carbocycles. The summed E-state index contributed by atoms with van der Waals surface area (Å²) in [5.74, 6) is 1.99. The SMILES string of the molecule is CCN(CC(C)O)C(=O)C1=C/C=C/N(C)C2CCC(C3CCOCC3)CC2C(C)=C1. The molecule has 4 unspecified atom stereocenters. The summed E-state index contributed by atoms with van der Waals surface area (Å²) < 4.78 is 5.59. The summed E-state index contributed by atoms with van der Waals surface area (Å²) in [5, 5.41) is 9.78. The first-order valence-corrected chi connectivity index (χ1v) is 11.7. The van der Waals surface area contributed by atoms with Gasteiger partial charge < -0.3 is 19.6 Å². The molecule has 2 heterocycles. The van der Waals surface area contributed by atoms with Gasteiger partial charge in [-0.2, -0.15) is 0 Å². The predicted molar refractivity (Wildman–Crippen MR) is 121 cm³/mol. The molecule has 168 valence electrons. The minimum Gasteiger partial charge on any atom is -0.392 e. The van der Waals surface area contributed by atoms with E-state index in [2.05, 4.69) is 31.1 Å². The lowest BCUT2D eigenvalue weighted by Crippen LogP contribution is -2.42. The zero-order valence-corrected chi connectivity index (χ0v) is 19.2. The van der Waals surface area contributed by atoms with Crippen LogP contribution < -0.4 is 0 Å². The topological polar surface area (TPSA) is 53.0 Å². The van der Waals surface area contributed by atoms with Gasteiger partial charge >= 0.3 is 0 Å². The number of rotatable bonds is 5. The number of amides is 1. The predicted octanol–water partition coefficient (Wildman–Crippen LogP) is 3.76. The van der Waals surface area contributed by atoms with Gasteiger partial charge in [-0.3, -0.25) is 4.79 Å². The van der Waals surface area contributed by atoms with Crippen molar-refractivity contribution in [2.24, 2.45) is 17.8 Å². The molecule has 0 aromatic rings. The van der Waals surface area contributed by atoms with Crippen LogP contribution in [0.3, 0.4) is 0 Å². The Bertz CT molecular complexity index is 676. The van der Waals surface area contributed by atoms with Gasteiger partial charge in [-0.1, -0.05) is 11.6 Å². The molecule has 30 heavy (non-hydrogen) atoms. The molecule has 1 saturated heterocycles. The molecule has 4 atom stereocenters.